The minimum atomic E-state index is 0.241. The van der Waals surface area contributed by atoms with Crippen molar-refractivity contribution in [1.29, 1.82) is 0 Å². The number of benzene rings is 1. The van der Waals surface area contributed by atoms with Crippen LogP contribution in [0.5, 0.6) is 5.75 Å². The Morgan fingerprint density at radius 1 is 1.25 bits per heavy atom. The fourth-order valence-corrected chi connectivity index (χ4v) is 3.56. The fraction of sp³-hybridized carbons (Fsp3) is 0.600. The second-order valence-corrected chi connectivity index (χ2v) is 6.42. The Morgan fingerprint density at radius 3 is 2.85 bits per heavy atom. The van der Waals surface area contributed by atoms with Crippen LogP contribution >= 0.6 is 23.2 Å². The Labute approximate surface area is 129 Å². The molecule has 3 atom stereocenters. The lowest BCUT2D eigenvalue weighted by molar-refractivity contribution is 0.173. The van der Waals surface area contributed by atoms with Crippen molar-refractivity contribution in [2.24, 2.45) is 5.92 Å². The molecule has 0 aromatic heterocycles. The van der Waals surface area contributed by atoms with Gasteiger partial charge in [-0.15, -0.1) is 0 Å². The highest BCUT2D eigenvalue weighted by molar-refractivity contribution is 6.35. The van der Waals surface area contributed by atoms with E-state index >= 15 is 0 Å². The minimum absolute atomic E-state index is 0.241. The summed E-state index contributed by atoms with van der Waals surface area (Å²) in [4.78, 5) is 0. The van der Waals surface area contributed by atoms with Gasteiger partial charge in [-0.3, -0.25) is 0 Å². The number of hydrogen-bond donors (Lipinski definition) is 1. The van der Waals surface area contributed by atoms with E-state index in [4.69, 9.17) is 32.7 Å². The molecule has 1 aromatic carbocycles. The first kappa shape index (κ1) is 14.5. The molecule has 1 fully saturated rings. The van der Waals surface area contributed by atoms with Gasteiger partial charge in [0.25, 0.3) is 0 Å². The Kier molecular flexibility index (Phi) is 4.41. The Morgan fingerprint density at radius 2 is 2.10 bits per heavy atom. The van der Waals surface area contributed by atoms with E-state index < -0.39 is 0 Å². The van der Waals surface area contributed by atoms with E-state index in [2.05, 4.69) is 12.2 Å². The SMILES string of the molecule is CC(NC1CCOc2c(Cl)cc(Cl)cc21)C1CCOC1. The van der Waals surface area contributed by atoms with E-state index in [-0.39, 0.29) is 6.04 Å². The molecule has 2 aliphatic heterocycles. The smallest absolute Gasteiger partial charge is 0.142 e. The van der Waals surface area contributed by atoms with Crippen molar-refractivity contribution in [1.82, 2.24) is 5.32 Å². The molecule has 1 N–H and O–H groups in total. The summed E-state index contributed by atoms with van der Waals surface area (Å²) in [5.74, 6) is 1.35. The standard InChI is InChI=1S/C15H19Cl2NO2/c1-9(10-2-4-19-8-10)18-14-3-5-20-15-12(14)6-11(16)7-13(15)17/h6-7,9-10,14,18H,2-5,8H2,1H3. The highest BCUT2D eigenvalue weighted by Crippen LogP contribution is 2.40. The topological polar surface area (TPSA) is 30.5 Å². The van der Waals surface area contributed by atoms with Crippen molar-refractivity contribution in [3.63, 3.8) is 0 Å². The zero-order valence-corrected chi connectivity index (χ0v) is 13.0. The monoisotopic (exact) mass is 315 g/mol. The molecule has 0 radical (unpaired) electrons. The van der Waals surface area contributed by atoms with Crippen LogP contribution in [0.2, 0.25) is 10.0 Å². The summed E-state index contributed by atoms with van der Waals surface area (Å²) in [7, 11) is 0. The molecule has 5 heteroatoms. The maximum atomic E-state index is 6.22. The van der Waals surface area contributed by atoms with Crippen molar-refractivity contribution < 1.29 is 9.47 Å². The molecule has 20 heavy (non-hydrogen) atoms. The van der Waals surface area contributed by atoms with Gasteiger partial charge >= 0.3 is 0 Å². The molecule has 110 valence electrons. The minimum Gasteiger partial charge on any atom is -0.492 e. The molecule has 0 amide bonds. The molecule has 3 nitrogen and oxygen atoms in total. The molecule has 0 aliphatic carbocycles. The Balaban J connectivity index is 1.79. The first-order valence-corrected chi connectivity index (χ1v) is 7.86. The van der Waals surface area contributed by atoms with Gasteiger partial charge in [0.05, 0.1) is 18.2 Å². The molecule has 3 unspecified atom stereocenters. The Hall–Kier alpha value is -0.480. The van der Waals surface area contributed by atoms with Crippen LogP contribution in [0.15, 0.2) is 12.1 Å². The first-order valence-electron chi connectivity index (χ1n) is 7.10. The average molecular weight is 316 g/mol. The summed E-state index contributed by atoms with van der Waals surface area (Å²) in [5, 5.41) is 4.94. The lowest BCUT2D eigenvalue weighted by atomic mass is 9.95. The van der Waals surface area contributed by atoms with Crippen LogP contribution in [0.1, 0.15) is 31.4 Å². The van der Waals surface area contributed by atoms with Gasteiger partial charge in [-0.2, -0.15) is 0 Å². The predicted molar refractivity (Wildman–Crippen MR) is 80.8 cm³/mol. The zero-order valence-electron chi connectivity index (χ0n) is 11.5. The maximum absolute atomic E-state index is 6.22. The molecule has 0 saturated carbocycles. The van der Waals surface area contributed by atoms with E-state index in [0.717, 1.165) is 37.4 Å². The highest BCUT2D eigenvalue weighted by Gasteiger charge is 2.29. The van der Waals surface area contributed by atoms with Crippen molar-refractivity contribution in [2.45, 2.75) is 31.8 Å². The Bertz CT molecular complexity index is 489. The third-order valence-electron chi connectivity index (χ3n) is 4.20. The van der Waals surface area contributed by atoms with Gasteiger partial charge < -0.3 is 14.8 Å². The van der Waals surface area contributed by atoms with Gasteiger partial charge in [0.15, 0.2) is 0 Å². The molecular formula is C15H19Cl2NO2. The molecule has 3 rings (SSSR count). The number of rotatable bonds is 3. The van der Waals surface area contributed by atoms with E-state index in [0.29, 0.717) is 28.6 Å². The van der Waals surface area contributed by atoms with E-state index in [1.807, 2.05) is 6.07 Å². The lowest BCUT2D eigenvalue weighted by Gasteiger charge is -2.31. The van der Waals surface area contributed by atoms with Crippen LogP contribution < -0.4 is 10.1 Å². The van der Waals surface area contributed by atoms with Gasteiger partial charge in [0.1, 0.15) is 5.75 Å². The zero-order chi connectivity index (χ0) is 14.1. The van der Waals surface area contributed by atoms with Crippen molar-refractivity contribution in [3.8, 4) is 5.75 Å². The fourth-order valence-electron chi connectivity index (χ4n) is 3.00. The molecule has 1 saturated heterocycles. The van der Waals surface area contributed by atoms with Gasteiger partial charge in [-0.1, -0.05) is 23.2 Å². The first-order chi connectivity index (χ1) is 9.65. The van der Waals surface area contributed by atoms with Gasteiger partial charge in [0.2, 0.25) is 0 Å². The van der Waals surface area contributed by atoms with Crippen molar-refractivity contribution in [2.75, 3.05) is 19.8 Å². The summed E-state index contributed by atoms with van der Waals surface area (Å²) >= 11 is 12.3. The lowest BCUT2D eigenvalue weighted by Crippen LogP contribution is -2.38. The van der Waals surface area contributed by atoms with Gasteiger partial charge in [-0.05, 0) is 31.4 Å². The van der Waals surface area contributed by atoms with E-state index in [9.17, 15) is 0 Å². The number of halogens is 2. The average Bonchev–Trinajstić information content (AvgIpc) is 2.93. The van der Waals surface area contributed by atoms with Gasteiger partial charge in [0, 0.05) is 35.7 Å². The second kappa shape index (κ2) is 6.10. The number of nitrogens with one attached hydrogen (secondary N) is 1. The largest absolute Gasteiger partial charge is 0.492 e. The summed E-state index contributed by atoms with van der Waals surface area (Å²) in [5.41, 5.74) is 1.07. The number of fused-ring (bicyclic) bond motifs is 1. The summed E-state index contributed by atoms with van der Waals surface area (Å²) in [6.45, 7) is 4.62. The van der Waals surface area contributed by atoms with Crippen LogP contribution in [-0.4, -0.2) is 25.9 Å². The third kappa shape index (κ3) is 2.91. The predicted octanol–water partition coefficient (Wildman–Crippen LogP) is 3.83. The summed E-state index contributed by atoms with van der Waals surface area (Å²) < 4.78 is 11.2. The molecule has 1 aromatic rings. The van der Waals surface area contributed by atoms with Crippen LogP contribution in [0.3, 0.4) is 0 Å². The van der Waals surface area contributed by atoms with Crippen molar-refractivity contribution in [3.05, 3.63) is 27.7 Å². The molecule has 0 bridgehead atoms. The molecular weight excluding hydrogens is 297 g/mol. The van der Waals surface area contributed by atoms with E-state index in [1.54, 1.807) is 6.07 Å². The second-order valence-electron chi connectivity index (χ2n) is 5.57. The quantitative estimate of drug-likeness (QED) is 0.919. The van der Waals surface area contributed by atoms with Crippen LogP contribution in [-0.2, 0) is 4.74 Å². The van der Waals surface area contributed by atoms with Crippen molar-refractivity contribution >= 4 is 23.2 Å². The molecule has 0 spiro atoms. The van der Waals surface area contributed by atoms with Gasteiger partial charge in [-0.25, -0.2) is 0 Å². The van der Waals surface area contributed by atoms with Crippen LogP contribution in [0.4, 0.5) is 0 Å². The van der Waals surface area contributed by atoms with Crippen LogP contribution in [0.25, 0.3) is 0 Å². The van der Waals surface area contributed by atoms with E-state index in [1.165, 1.54) is 0 Å². The summed E-state index contributed by atoms with van der Waals surface area (Å²) in [6.07, 6.45) is 2.06. The molecule has 2 heterocycles. The third-order valence-corrected chi connectivity index (χ3v) is 4.70. The normalized spacial score (nSPS) is 26.9. The number of hydrogen-bond acceptors (Lipinski definition) is 3. The number of ether oxygens (including phenoxy) is 2. The summed E-state index contributed by atoms with van der Waals surface area (Å²) in [6, 6.07) is 4.34. The van der Waals surface area contributed by atoms with Crippen LogP contribution in [0, 0.1) is 5.92 Å². The highest BCUT2D eigenvalue weighted by atomic mass is 35.5. The maximum Gasteiger partial charge on any atom is 0.142 e. The molecule has 2 aliphatic rings.